The summed E-state index contributed by atoms with van der Waals surface area (Å²) in [6, 6.07) is 7.75. The van der Waals surface area contributed by atoms with Crippen LogP contribution in [0, 0.1) is 0 Å². The van der Waals surface area contributed by atoms with Gasteiger partial charge in [-0.15, -0.1) is 0 Å². The lowest BCUT2D eigenvalue weighted by molar-refractivity contribution is -0.120. The van der Waals surface area contributed by atoms with E-state index in [2.05, 4.69) is 10.6 Å². The molecule has 0 aliphatic rings. The summed E-state index contributed by atoms with van der Waals surface area (Å²) in [6.07, 6.45) is 0. The molecule has 4 heteroatoms. The molecule has 0 spiro atoms. The first kappa shape index (κ1) is 13.0. The molecule has 0 aliphatic heterocycles. The van der Waals surface area contributed by atoms with Crippen LogP contribution in [0.15, 0.2) is 24.3 Å². The monoisotopic (exact) mass is 240 g/mol. The van der Waals surface area contributed by atoms with Gasteiger partial charge in [0.1, 0.15) is 0 Å². The molecule has 2 N–H and O–H groups in total. The molecule has 0 heterocycles. The summed E-state index contributed by atoms with van der Waals surface area (Å²) >= 11 is 5.76. The van der Waals surface area contributed by atoms with Gasteiger partial charge >= 0.3 is 0 Å². The summed E-state index contributed by atoms with van der Waals surface area (Å²) in [6.45, 7) is 4.90. The van der Waals surface area contributed by atoms with Crippen LogP contribution in [0.2, 0.25) is 5.02 Å². The Bertz CT molecular complexity index is 335. The van der Waals surface area contributed by atoms with Gasteiger partial charge in [0, 0.05) is 17.6 Å². The van der Waals surface area contributed by atoms with Gasteiger partial charge in [-0.1, -0.05) is 37.6 Å². The molecule has 1 aromatic rings. The maximum atomic E-state index is 11.4. The van der Waals surface area contributed by atoms with Gasteiger partial charge in [-0.25, -0.2) is 0 Å². The molecule has 16 heavy (non-hydrogen) atoms. The first-order valence-electron chi connectivity index (χ1n) is 5.32. The zero-order chi connectivity index (χ0) is 12.0. The van der Waals surface area contributed by atoms with E-state index in [4.69, 9.17) is 11.6 Å². The second-order valence-electron chi connectivity index (χ2n) is 3.94. The van der Waals surface area contributed by atoms with E-state index in [0.717, 1.165) is 5.56 Å². The van der Waals surface area contributed by atoms with Crippen LogP contribution in [0.25, 0.3) is 0 Å². The van der Waals surface area contributed by atoms with Crippen LogP contribution in [-0.4, -0.2) is 18.5 Å². The molecule has 0 saturated heterocycles. The van der Waals surface area contributed by atoms with Crippen molar-refractivity contribution in [3.05, 3.63) is 34.9 Å². The highest BCUT2D eigenvalue weighted by molar-refractivity contribution is 6.30. The molecule has 3 nitrogen and oxygen atoms in total. The minimum atomic E-state index is 0.00338. The van der Waals surface area contributed by atoms with Gasteiger partial charge in [0.2, 0.25) is 5.91 Å². The normalized spacial score (nSPS) is 10.5. The summed E-state index contributed by atoms with van der Waals surface area (Å²) in [5.41, 5.74) is 1.04. The maximum Gasteiger partial charge on any atom is 0.234 e. The number of hydrogen-bond acceptors (Lipinski definition) is 2. The average molecular weight is 241 g/mol. The molecule has 1 amide bonds. The van der Waals surface area contributed by atoms with E-state index in [1.54, 1.807) is 0 Å². The molecule has 88 valence electrons. The fourth-order valence-corrected chi connectivity index (χ4v) is 1.29. The topological polar surface area (TPSA) is 41.1 Å². The molecule has 0 saturated carbocycles. The van der Waals surface area contributed by atoms with E-state index in [1.165, 1.54) is 0 Å². The molecule has 0 radical (unpaired) electrons. The lowest BCUT2D eigenvalue weighted by Crippen LogP contribution is -2.36. The molecule has 0 fully saturated rings. The highest BCUT2D eigenvalue weighted by atomic mass is 35.5. The van der Waals surface area contributed by atoms with E-state index in [-0.39, 0.29) is 5.91 Å². The molecular weight excluding hydrogens is 224 g/mol. The van der Waals surface area contributed by atoms with Crippen molar-refractivity contribution in [1.29, 1.82) is 0 Å². The molecule has 0 aromatic heterocycles. The first-order valence-corrected chi connectivity index (χ1v) is 5.70. The lowest BCUT2D eigenvalue weighted by Gasteiger charge is -2.08. The minimum Gasteiger partial charge on any atom is -0.351 e. The van der Waals surface area contributed by atoms with Crippen molar-refractivity contribution in [3.8, 4) is 0 Å². The van der Waals surface area contributed by atoms with Crippen molar-refractivity contribution in [2.45, 2.75) is 26.4 Å². The third kappa shape index (κ3) is 5.14. The van der Waals surface area contributed by atoms with Gasteiger partial charge in [-0.3, -0.25) is 4.79 Å². The average Bonchev–Trinajstić information content (AvgIpc) is 2.25. The Hall–Kier alpha value is -1.06. The lowest BCUT2D eigenvalue weighted by atomic mass is 10.2. The van der Waals surface area contributed by atoms with E-state index in [1.807, 2.05) is 38.1 Å². The van der Waals surface area contributed by atoms with Crippen molar-refractivity contribution in [3.63, 3.8) is 0 Å². The quantitative estimate of drug-likeness (QED) is 0.826. The third-order valence-corrected chi connectivity index (χ3v) is 2.33. The summed E-state index contributed by atoms with van der Waals surface area (Å²) in [5, 5.41) is 6.59. The van der Waals surface area contributed by atoms with Crippen molar-refractivity contribution in [2.24, 2.45) is 0 Å². The van der Waals surface area contributed by atoms with Crippen LogP contribution in [0.1, 0.15) is 19.4 Å². The Morgan fingerprint density at radius 3 is 2.50 bits per heavy atom. The second-order valence-corrected chi connectivity index (χ2v) is 4.38. The fourth-order valence-electron chi connectivity index (χ4n) is 1.16. The van der Waals surface area contributed by atoms with E-state index in [9.17, 15) is 4.79 Å². The number of carbonyl (C=O) groups excluding carboxylic acids is 1. The maximum absolute atomic E-state index is 11.4. The zero-order valence-corrected chi connectivity index (χ0v) is 10.3. The first-order chi connectivity index (χ1) is 7.58. The number of rotatable bonds is 5. The molecular formula is C12H17ClN2O. The molecule has 1 aromatic carbocycles. The summed E-state index contributed by atoms with van der Waals surface area (Å²) in [4.78, 5) is 11.4. The number of halogens is 1. The highest BCUT2D eigenvalue weighted by Gasteiger charge is 2.01. The number of benzene rings is 1. The third-order valence-electron chi connectivity index (χ3n) is 2.07. The Balaban J connectivity index is 2.29. The van der Waals surface area contributed by atoms with E-state index >= 15 is 0 Å². The Morgan fingerprint density at radius 2 is 1.94 bits per heavy atom. The summed E-state index contributed by atoms with van der Waals surface area (Å²) in [5.74, 6) is 0.00338. The Morgan fingerprint density at radius 1 is 1.31 bits per heavy atom. The predicted molar refractivity (Wildman–Crippen MR) is 66.4 cm³/mol. The SMILES string of the molecule is CC(C)NCC(=O)NCc1ccc(Cl)cc1. The van der Waals surface area contributed by atoms with Crippen LogP contribution in [-0.2, 0) is 11.3 Å². The van der Waals surface area contributed by atoms with Crippen LogP contribution < -0.4 is 10.6 Å². The number of amides is 1. The van der Waals surface area contributed by atoms with Gasteiger partial charge in [0.25, 0.3) is 0 Å². The largest absolute Gasteiger partial charge is 0.351 e. The summed E-state index contributed by atoms with van der Waals surface area (Å²) in [7, 11) is 0. The molecule has 0 atom stereocenters. The number of hydrogen-bond donors (Lipinski definition) is 2. The van der Waals surface area contributed by atoms with Gasteiger partial charge < -0.3 is 10.6 Å². The van der Waals surface area contributed by atoms with Crippen molar-refractivity contribution < 1.29 is 4.79 Å². The smallest absolute Gasteiger partial charge is 0.234 e. The van der Waals surface area contributed by atoms with Crippen molar-refractivity contribution in [2.75, 3.05) is 6.54 Å². The molecule has 1 rings (SSSR count). The molecule has 0 aliphatic carbocycles. The molecule has 0 unspecified atom stereocenters. The van der Waals surface area contributed by atoms with Crippen LogP contribution in [0.4, 0.5) is 0 Å². The van der Waals surface area contributed by atoms with Gasteiger partial charge in [0.15, 0.2) is 0 Å². The number of carbonyl (C=O) groups is 1. The Labute approximate surface area is 101 Å². The van der Waals surface area contributed by atoms with E-state index in [0.29, 0.717) is 24.2 Å². The van der Waals surface area contributed by atoms with Crippen molar-refractivity contribution >= 4 is 17.5 Å². The second kappa shape index (κ2) is 6.51. The van der Waals surface area contributed by atoms with Crippen molar-refractivity contribution in [1.82, 2.24) is 10.6 Å². The van der Waals surface area contributed by atoms with E-state index < -0.39 is 0 Å². The molecule has 0 bridgehead atoms. The summed E-state index contributed by atoms with van der Waals surface area (Å²) < 4.78 is 0. The van der Waals surface area contributed by atoms with Crippen LogP contribution in [0.5, 0.6) is 0 Å². The Kier molecular flexibility index (Phi) is 5.29. The van der Waals surface area contributed by atoms with Gasteiger partial charge in [-0.2, -0.15) is 0 Å². The predicted octanol–water partition coefficient (Wildman–Crippen LogP) is 1.95. The minimum absolute atomic E-state index is 0.00338. The standard InChI is InChI=1S/C12H17ClN2O/c1-9(2)14-8-12(16)15-7-10-3-5-11(13)6-4-10/h3-6,9,14H,7-8H2,1-2H3,(H,15,16). The van der Waals surface area contributed by atoms with Gasteiger partial charge in [-0.05, 0) is 17.7 Å². The van der Waals surface area contributed by atoms with Crippen LogP contribution in [0.3, 0.4) is 0 Å². The zero-order valence-electron chi connectivity index (χ0n) is 9.59. The fraction of sp³-hybridized carbons (Fsp3) is 0.417. The van der Waals surface area contributed by atoms with Crippen LogP contribution >= 0.6 is 11.6 Å². The number of nitrogens with one attached hydrogen (secondary N) is 2. The van der Waals surface area contributed by atoms with Gasteiger partial charge in [0.05, 0.1) is 6.54 Å². The highest BCUT2D eigenvalue weighted by Crippen LogP contribution is 2.08.